The number of benzene rings is 3. The number of fused-ring (bicyclic) bond motifs is 1. The molecule has 0 fully saturated rings. The maximum Gasteiger partial charge on any atom is 0.255 e. The molecule has 0 radical (unpaired) electrons. The number of hydrogen-bond acceptors (Lipinski definition) is 4. The lowest BCUT2D eigenvalue weighted by molar-refractivity contribution is 0.102. The van der Waals surface area contributed by atoms with Gasteiger partial charge in [0.25, 0.3) is 5.91 Å². The van der Waals surface area contributed by atoms with Crippen LogP contribution in [0.15, 0.2) is 65.1 Å². The van der Waals surface area contributed by atoms with Gasteiger partial charge in [-0.1, -0.05) is 24.3 Å². The van der Waals surface area contributed by atoms with Gasteiger partial charge < -0.3 is 10.1 Å². The van der Waals surface area contributed by atoms with Crippen LogP contribution in [-0.2, 0) is 0 Å². The summed E-state index contributed by atoms with van der Waals surface area (Å²) in [6.07, 6.45) is 0. The van der Waals surface area contributed by atoms with Crippen LogP contribution < -0.4 is 10.1 Å². The van der Waals surface area contributed by atoms with Crippen molar-refractivity contribution in [1.29, 1.82) is 0 Å². The third-order valence-corrected chi connectivity index (χ3v) is 6.23. The molecule has 0 unspecified atom stereocenters. The minimum absolute atomic E-state index is 0.168. The Kier molecular flexibility index (Phi) is 5.65. The molecule has 4 aromatic rings. The van der Waals surface area contributed by atoms with Crippen LogP contribution in [-0.4, -0.2) is 17.5 Å². The number of ether oxygens (including phenoxy) is 1. The van der Waals surface area contributed by atoms with E-state index in [1.165, 1.54) is 0 Å². The van der Waals surface area contributed by atoms with E-state index >= 15 is 0 Å². The molecular formula is C23H19BrN2O2S. The molecule has 0 aliphatic carbocycles. The number of carbonyl (C=O) groups is 1. The van der Waals surface area contributed by atoms with Gasteiger partial charge in [0.05, 0.1) is 21.3 Å². The highest BCUT2D eigenvalue weighted by Gasteiger charge is 2.13. The fraction of sp³-hybridized carbons (Fsp3) is 0.130. The molecule has 1 N–H and O–H groups in total. The molecule has 0 aliphatic heterocycles. The van der Waals surface area contributed by atoms with E-state index in [1.807, 2.05) is 50.2 Å². The van der Waals surface area contributed by atoms with Gasteiger partial charge in [0.1, 0.15) is 10.8 Å². The van der Waals surface area contributed by atoms with Gasteiger partial charge in [-0.25, -0.2) is 4.98 Å². The van der Waals surface area contributed by atoms with E-state index in [9.17, 15) is 4.79 Å². The molecule has 0 atom stereocenters. The van der Waals surface area contributed by atoms with Crippen molar-refractivity contribution in [2.45, 2.75) is 13.8 Å². The van der Waals surface area contributed by atoms with Crippen LogP contribution in [0.1, 0.15) is 22.8 Å². The Morgan fingerprint density at radius 3 is 2.72 bits per heavy atom. The van der Waals surface area contributed by atoms with E-state index in [2.05, 4.69) is 27.3 Å². The standard InChI is InChI=1S/C23H19BrN2O2S/c1-3-28-20-11-10-15(12-17(20)24)22(27)25-19-13-16(9-8-14(19)2)23-26-18-6-4-5-7-21(18)29-23/h4-13H,3H2,1-2H3,(H,25,27). The van der Waals surface area contributed by atoms with E-state index in [0.29, 0.717) is 12.2 Å². The molecule has 0 spiro atoms. The number of nitrogens with one attached hydrogen (secondary N) is 1. The van der Waals surface area contributed by atoms with Crippen molar-refractivity contribution < 1.29 is 9.53 Å². The van der Waals surface area contributed by atoms with Gasteiger partial charge in [-0.05, 0) is 71.7 Å². The number of para-hydroxylation sites is 1. The molecule has 146 valence electrons. The first-order valence-corrected chi connectivity index (χ1v) is 10.9. The fourth-order valence-corrected chi connectivity index (χ4v) is 4.45. The van der Waals surface area contributed by atoms with E-state index in [1.54, 1.807) is 29.5 Å². The van der Waals surface area contributed by atoms with Crippen molar-refractivity contribution in [1.82, 2.24) is 4.98 Å². The number of halogens is 1. The molecule has 0 aliphatic rings. The fourth-order valence-electron chi connectivity index (χ4n) is 2.99. The SMILES string of the molecule is CCOc1ccc(C(=O)Nc2cc(-c3nc4ccccc4s3)ccc2C)cc1Br. The maximum absolute atomic E-state index is 12.8. The lowest BCUT2D eigenvalue weighted by Crippen LogP contribution is -2.13. The summed E-state index contributed by atoms with van der Waals surface area (Å²) >= 11 is 5.11. The average Bonchev–Trinajstić information content (AvgIpc) is 3.15. The van der Waals surface area contributed by atoms with Crippen molar-refractivity contribution in [3.05, 3.63) is 76.3 Å². The molecule has 0 bridgehead atoms. The van der Waals surface area contributed by atoms with Crippen LogP contribution in [0.3, 0.4) is 0 Å². The zero-order valence-corrected chi connectivity index (χ0v) is 18.4. The number of aryl methyl sites for hydroxylation is 1. The molecule has 4 rings (SSSR count). The Balaban J connectivity index is 1.61. The molecule has 4 nitrogen and oxygen atoms in total. The lowest BCUT2D eigenvalue weighted by atomic mass is 10.1. The van der Waals surface area contributed by atoms with Crippen LogP contribution in [0.25, 0.3) is 20.8 Å². The highest BCUT2D eigenvalue weighted by Crippen LogP contribution is 2.32. The lowest BCUT2D eigenvalue weighted by Gasteiger charge is -2.11. The summed E-state index contributed by atoms with van der Waals surface area (Å²) in [6.45, 7) is 4.47. The summed E-state index contributed by atoms with van der Waals surface area (Å²) in [4.78, 5) is 17.5. The van der Waals surface area contributed by atoms with Gasteiger partial charge in [-0.2, -0.15) is 0 Å². The second-order valence-corrected chi connectivity index (χ2v) is 8.43. The zero-order chi connectivity index (χ0) is 20.4. The van der Waals surface area contributed by atoms with Gasteiger partial charge >= 0.3 is 0 Å². The highest BCUT2D eigenvalue weighted by molar-refractivity contribution is 9.10. The van der Waals surface area contributed by atoms with Crippen molar-refractivity contribution in [2.24, 2.45) is 0 Å². The largest absolute Gasteiger partial charge is 0.493 e. The maximum atomic E-state index is 12.8. The molecule has 6 heteroatoms. The number of aromatic nitrogens is 1. The zero-order valence-electron chi connectivity index (χ0n) is 16.0. The summed E-state index contributed by atoms with van der Waals surface area (Å²) in [5.74, 6) is 0.552. The molecule has 0 saturated heterocycles. The second kappa shape index (κ2) is 8.35. The number of amides is 1. The van der Waals surface area contributed by atoms with Crippen LogP contribution in [0.2, 0.25) is 0 Å². The predicted octanol–water partition coefficient (Wildman–Crippen LogP) is 6.69. The Labute approximate surface area is 181 Å². The number of nitrogens with zero attached hydrogens (tertiary/aromatic N) is 1. The van der Waals surface area contributed by atoms with Crippen molar-refractivity contribution >= 4 is 49.1 Å². The Morgan fingerprint density at radius 1 is 1.14 bits per heavy atom. The van der Waals surface area contributed by atoms with Crippen molar-refractivity contribution in [3.8, 4) is 16.3 Å². The summed E-state index contributed by atoms with van der Waals surface area (Å²) in [5.41, 5.74) is 4.30. The second-order valence-electron chi connectivity index (χ2n) is 6.55. The molecule has 1 amide bonds. The number of hydrogen-bond donors (Lipinski definition) is 1. The topological polar surface area (TPSA) is 51.2 Å². The Bertz CT molecular complexity index is 1170. The van der Waals surface area contributed by atoms with Gasteiger partial charge in [0, 0.05) is 16.8 Å². The highest BCUT2D eigenvalue weighted by atomic mass is 79.9. The van der Waals surface area contributed by atoms with Crippen LogP contribution in [0, 0.1) is 6.92 Å². The van der Waals surface area contributed by atoms with Crippen molar-refractivity contribution in [3.63, 3.8) is 0 Å². The molecular weight excluding hydrogens is 448 g/mol. The monoisotopic (exact) mass is 466 g/mol. The predicted molar refractivity (Wildman–Crippen MR) is 123 cm³/mol. The smallest absolute Gasteiger partial charge is 0.255 e. The first kappa shape index (κ1) is 19.6. The van der Waals surface area contributed by atoms with E-state index in [0.717, 1.165) is 42.3 Å². The third-order valence-electron chi connectivity index (χ3n) is 4.52. The third kappa shape index (κ3) is 4.18. The van der Waals surface area contributed by atoms with Crippen LogP contribution in [0.5, 0.6) is 5.75 Å². The van der Waals surface area contributed by atoms with Gasteiger partial charge in [-0.3, -0.25) is 4.79 Å². The molecule has 3 aromatic carbocycles. The summed E-state index contributed by atoms with van der Waals surface area (Å²) < 4.78 is 7.42. The Morgan fingerprint density at radius 2 is 1.97 bits per heavy atom. The van der Waals surface area contributed by atoms with E-state index in [-0.39, 0.29) is 5.91 Å². The van der Waals surface area contributed by atoms with E-state index in [4.69, 9.17) is 9.72 Å². The van der Waals surface area contributed by atoms with Crippen LogP contribution >= 0.6 is 27.3 Å². The van der Waals surface area contributed by atoms with Crippen LogP contribution in [0.4, 0.5) is 5.69 Å². The van der Waals surface area contributed by atoms with Gasteiger partial charge in [-0.15, -0.1) is 11.3 Å². The summed E-state index contributed by atoms with van der Waals surface area (Å²) in [7, 11) is 0. The van der Waals surface area contributed by atoms with Crippen molar-refractivity contribution in [2.75, 3.05) is 11.9 Å². The molecule has 1 aromatic heterocycles. The number of thiazole rings is 1. The van der Waals surface area contributed by atoms with Gasteiger partial charge in [0.15, 0.2) is 0 Å². The summed E-state index contributed by atoms with van der Waals surface area (Å²) in [5, 5.41) is 3.96. The minimum Gasteiger partial charge on any atom is -0.493 e. The number of rotatable bonds is 5. The minimum atomic E-state index is -0.168. The summed E-state index contributed by atoms with van der Waals surface area (Å²) in [6, 6.07) is 19.4. The first-order valence-electron chi connectivity index (χ1n) is 9.25. The number of carbonyl (C=O) groups excluding carboxylic acids is 1. The van der Waals surface area contributed by atoms with Gasteiger partial charge in [0.2, 0.25) is 0 Å². The molecule has 0 saturated carbocycles. The Hall–Kier alpha value is -2.70. The number of anilines is 1. The van der Waals surface area contributed by atoms with E-state index < -0.39 is 0 Å². The molecule has 1 heterocycles. The normalized spacial score (nSPS) is 10.9. The quantitative estimate of drug-likeness (QED) is 0.356. The first-order chi connectivity index (χ1) is 14.0. The molecule has 29 heavy (non-hydrogen) atoms. The average molecular weight is 467 g/mol.